The molecule has 0 radical (unpaired) electrons. The number of carbonyl (C=O) groups is 1. The number of sulfonamides is 1. The fourth-order valence-corrected chi connectivity index (χ4v) is 5.03. The number of carbonyl (C=O) groups excluding carboxylic acids is 1. The Morgan fingerprint density at radius 1 is 1.09 bits per heavy atom. The molecule has 6 nitrogen and oxygen atoms in total. The lowest BCUT2D eigenvalue weighted by Gasteiger charge is -2.26. The van der Waals surface area contributed by atoms with Crippen LogP contribution >= 0.6 is 23.2 Å². The highest BCUT2D eigenvalue weighted by molar-refractivity contribution is 7.89. The molecule has 1 aliphatic heterocycles. The SMILES string of the molecule is CC(C)N(Cc1ccc(Cl)c(Cl)c1)C(=O)C=Cc1ccc(S(=O)(=O)N2CCOCC2)cc1. The Morgan fingerprint density at radius 2 is 1.75 bits per heavy atom. The summed E-state index contributed by atoms with van der Waals surface area (Å²) in [5, 5.41) is 0.916. The summed E-state index contributed by atoms with van der Waals surface area (Å²) in [5.41, 5.74) is 1.62. The van der Waals surface area contributed by atoms with E-state index in [2.05, 4.69) is 0 Å². The standard InChI is InChI=1S/C23H26Cl2N2O4S/c1-17(2)27(16-19-5-9-21(24)22(25)15-19)23(28)10-6-18-3-7-20(8-4-18)32(29,30)26-11-13-31-14-12-26/h3-10,15,17H,11-14,16H2,1-2H3. The summed E-state index contributed by atoms with van der Waals surface area (Å²) >= 11 is 12.1. The van der Waals surface area contributed by atoms with Crippen LogP contribution in [0, 0.1) is 0 Å². The zero-order valence-corrected chi connectivity index (χ0v) is 20.3. The molecule has 1 aliphatic rings. The Balaban J connectivity index is 1.69. The van der Waals surface area contributed by atoms with E-state index in [0.29, 0.717) is 42.9 Å². The highest BCUT2D eigenvalue weighted by Crippen LogP contribution is 2.24. The van der Waals surface area contributed by atoms with Crippen molar-refractivity contribution in [2.45, 2.75) is 31.3 Å². The van der Waals surface area contributed by atoms with Gasteiger partial charge in [-0.05, 0) is 55.3 Å². The molecule has 1 amide bonds. The Hall–Kier alpha value is -1.90. The van der Waals surface area contributed by atoms with E-state index in [1.165, 1.54) is 10.4 Å². The van der Waals surface area contributed by atoms with Gasteiger partial charge in [-0.15, -0.1) is 0 Å². The van der Waals surface area contributed by atoms with Gasteiger partial charge in [0.05, 0.1) is 28.2 Å². The molecule has 172 valence electrons. The van der Waals surface area contributed by atoms with Gasteiger partial charge in [-0.2, -0.15) is 4.31 Å². The number of hydrogen-bond donors (Lipinski definition) is 0. The Morgan fingerprint density at radius 3 is 2.34 bits per heavy atom. The van der Waals surface area contributed by atoms with Crippen molar-refractivity contribution in [3.05, 3.63) is 69.7 Å². The smallest absolute Gasteiger partial charge is 0.247 e. The van der Waals surface area contributed by atoms with Crippen LogP contribution in [0.3, 0.4) is 0 Å². The molecule has 0 unspecified atom stereocenters. The normalized spacial score (nSPS) is 15.4. The van der Waals surface area contributed by atoms with E-state index in [-0.39, 0.29) is 16.8 Å². The van der Waals surface area contributed by atoms with Crippen molar-refractivity contribution in [2.75, 3.05) is 26.3 Å². The molecule has 1 saturated heterocycles. The quantitative estimate of drug-likeness (QED) is 0.530. The maximum absolute atomic E-state index is 12.8. The van der Waals surface area contributed by atoms with Gasteiger partial charge < -0.3 is 9.64 Å². The number of ether oxygens (including phenoxy) is 1. The fraction of sp³-hybridized carbons (Fsp3) is 0.348. The van der Waals surface area contributed by atoms with Gasteiger partial charge >= 0.3 is 0 Å². The summed E-state index contributed by atoms with van der Waals surface area (Å²) in [4.78, 5) is 14.8. The lowest BCUT2D eigenvalue weighted by atomic mass is 10.1. The number of halogens is 2. The van der Waals surface area contributed by atoms with Crippen LogP contribution in [0.1, 0.15) is 25.0 Å². The zero-order chi connectivity index (χ0) is 23.3. The molecule has 0 aromatic heterocycles. The van der Waals surface area contributed by atoms with E-state index >= 15 is 0 Å². The molecule has 2 aromatic carbocycles. The summed E-state index contributed by atoms with van der Waals surface area (Å²) in [6, 6.07) is 11.8. The molecular formula is C23H26Cl2N2O4S. The third kappa shape index (κ3) is 6.11. The second-order valence-electron chi connectivity index (χ2n) is 7.73. The van der Waals surface area contributed by atoms with Crippen LogP contribution in [0.5, 0.6) is 0 Å². The Kier molecular flexibility index (Phi) is 8.36. The number of hydrogen-bond acceptors (Lipinski definition) is 4. The molecule has 0 atom stereocenters. The zero-order valence-electron chi connectivity index (χ0n) is 18.0. The molecule has 0 aliphatic carbocycles. The third-order valence-corrected chi connectivity index (χ3v) is 7.80. The molecule has 3 rings (SSSR count). The van der Waals surface area contributed by atoms with Crippen molar-refractivity contribution >= 4 is 45.2 Å². The lowest BCUT2D eigenvalue weighted by molar-refractivity contribution is -0.128. The summed E-state index contributed by atoms with van der Waals surface area (Å²) in [7, 11) is -3.54. The number of benzene rings is 2. The summed E-state index contributed by atoms with van der Waals surface area (Å²) in [5.74, 6) is -0.156. The first kappa shape index (κ1) is 24.7. The highest BCUT2D eigenvalue weighted by atomic mass is 35.5. The van der Waals surface area contributed by atoms with Gasteiger partial charge in [0, 0.05) is 31.8 Å². The van der Waals surface area contributed by atoms with Crippen LogP contribution in [0.2, 0.25) is 10.0 Å². The molecule has 1 heterocycles. The summed E-state index contributed by atoms with van der Waals surface area (Å²) < 4.78 is 32.1. The minimum absolute atomic E-state index is 0.0253. The number of rotatable bonds is 7. The lowest BCUT2D eigenvalue weighted by Crippen LogP contribution is -2.40. The van der Waals surface area contributed by atoms with E-state index in [4.69, 9.17) is 27.9 Å². The van der Waals surface area contributed by atoms with E-state index in [0.717, 1.165) is 11.1 Å². The molecule has 32 heavy (non-hydrogen) atoms. The second-order valence-corrected chi connectivity index (χ2v) is 10.5. The van der Waals surface area contributed by atoms with Crippen LogP contribution in [0.25, 0.3) is 6.08 Å². The van der Waals surface area contributed by atoms with Crippen LogP contribution in [-0.2, 0) is 26.1 Å². The Bertz CT molecular complexity index is 1080. The van der Waals surface area contributed by atoms with Crippen molar-refractivity contribution in [2.24, 2.45) is 0 Å². The van der Waals surface area contributed by atoms with Gasteiger partial charge in [-0.1, -0.05) is 41.4 Å². The third-order valence-electron chi connectivity index (χ3n) is 5.15. The highest BCUT2D eigenvalue weighted by Gasteiger charge is 2.26. The summed E-state index contributed by atoms with van der Waals surface area (Å²) in [6.07, 6.45) is 3.17. The predicted molar refractivity (Wildman–Crippen MR) is 127 cm³/mol. The summed E-state index contributed by atoms with van der Waals surface area (Å²) in [6.45, 7) is 5.77. The van der Waals surface area contributed by atoms with Crippen molar-refractivity contribution in [3.63, 3.8) is 0 Å². The van der Waals surface area contributed by atoms with Crippen molar-refractivity contribution in [1.82, 2.24) is 9.21 Å². The molecule has 2 aromatic rings. The van der Waals surface area contributed by atoms with Crippen molar-refractivity contribution < 1.29 is 17.9 Å². The van der Waals surface area contributed by atoms with Gasteiger partial charge in [0.2, 0.25) is 15.9 Å². The van der Waals surface area contributed by atoms with Gasteiger partial charge in [0.1, 0.15) is 0 Å². The van der Waals surface area contributed by atoms with Crippen molar-refractivity contribution in [3.8, 4) is 0 Å². The topological polar surface area (TPSA) is 66.9 Å². The van der Waals surface area contributed by atoms with Gasteiger partial charge in [0.15, 0.2) is 0 Å². The molecule has 0 spiro atoms. The van der Waals surface area contributed by atoms with Crippen LogP contribution in [-0.4, -0.2) is 55.9 Å². The van der Waals surface area contributed by atoms with Crippen LogP contribution in [0.4, 0.5) is 0 Å². The fourth-order valence-electron chi connectivity index (χ4n) is 3.30. The van der Waals surface area contributed by atoms with E-state index < -0.39 is 10.0 Å². The van der Waals surface area contributed by atoms with Crippen LogP contribution < -0.4 is 0 Å². The average Bonchev–Trinajstić information content (AvgIpc) is 2.78. The molecule has 0 N–H and O–H groups in total. The number of morpholine rings is 1. The van der Waals surface area contributed by atoms with E-state index in [1.54, 1.807) is 47.4 Å². The molecule has 9 heteroatoms. The largest absolute Gasteiger partial charge is 0.379 e. The van der Waals surface area contributed by atoms with Crippen LogP contribution in [0.15, 0.2) is 53.4 Å². The van der Waals surface area contributed by atoms with E-state index in [9.17, 15) is 13.2 Å². The Labute approximate surface area is 199 Å². The minimum Gasteiger partial charge on any atom is -0.379 e. The predicted octanol–water partition coefficient (Wildman–Crippen LogP) is 4.46. The molecular weight excluding hydrogens is 471 g/mol. The number of amides is 1. The minimum atomic E-state index is -3.54. The monoisotopic (exact) mass is 496 g/mol. The van der Waals surface area contributed by atoms with Crippen molar-refractivity contribution in [1.29, 1.82) is 0 Å². The van der Waals surface area contributed by atoms with Gasteiger partial charge in [-0.25, -0.2) is 8.42 Å². The first-order valence-electron chi connectivity index (χ1n) is 10.3. The number of nitrogens with zero attached hydrogens (tertiary/aromatic N) is 2. The second kappa shape index (κ2) is 10.8. The molecule has 0 bridgehead atoms. The first-order chi connectivity index (χ1) is 15.2. The van der Waals surface area contributed by atoms with E-state index in [1.807, 2.05) is 19.9 Å². The van der Waals surface area contributed by atoms with Gasteiger partial charge in [0.25, 0.3) is 0 Å². The average molecular weight is 497 g/mol. The molecule has 1 fully saturated rings. The maximum Gasteiger partial charge on any atom is 0.247 e. The molecule has 0 saturated carbocycles. The maximum atomic E-state index is 12.8. The van der Waals surface area contributed by atoms with Gasteiger partial charge in [-0.3, -0.25) is 4.79 Å². The first-order valence-corrected chi connectivity index (χ1v) is 12.5.